The van der Waals surface area contributed by atoms with Crippen molar-refractivity contribution in [3.05, 3.63) is 39.9 Å². The molecule has 1 heterocycles. The maximum atomic E-state index is 11.1. The SMILES string of the molecule is CC(=O)c1ccc(Oc2cnc(Br)s2)cc1. The summed E-state index contributed by atoms with van der Waals surface area (Å²) in [5, 5.41) is 0.711. The van der Waals surface area contributed by atoms with Crippen LogP contribution in [0.2, 0.25) is 0 Å². The van der Waals surface area contributed by atoms with Crippen LogP contribution < -0.4 is 4.74 Å². The van der Waals surface area contributed by atoms with E-state index in [1.54, 1.807) is 30.5 Å². The lowest BCUT2D eigenvalue weighted by molar-refractivity contribution is 0.101. The Morgan fingerprint density at radius 2 is 2.06 bits per heavy atom. The Hall–Kier alpha value is -1.20. The molecule has 5 heteroatoms. The summed E-state index contributed by atoms with van der Waals surface area (Å²) in [6.45, 7) is 1.54. The van der Waals surface area contributed by atoms with Crippen molar-refractivity contribution < 1.29 is 9.53 Å². The highest BCUT2D eigenvalue weighted by Crippen LogP contribution is 2.30. The summed E-state index contributed by atoms with van der Waals surface area (Å²) in [6.07, 6.45) is 1.65. The molecule has 0 aliphatic heterocycles. The molecule has 1 aromatic carbocycles. The molecule has 0 aliphatic rings. The lowest BCUT2D eigenvalue weighted by Crippen LogP contribution is -1.90. The zero-order chi connectivity index (χ0) is 11.5. The minimum absolute atomic E-state index is 0.0482. The standard InChI is InChI=1S/C11H8BrNO2S/c1-7(14)8-2-4-9(5-3-8)15-10-6-13-11(12)16-10/h2-6H,1H3. The van der Waals surface area contributed by atoms with Crippen LogP contribution in [0.1, 0.15) is 17.3 Å². The van der Waals surface area contributed by atoms with Crippen LogP contribution in [-0.4, -0.2) is 10.8 Å². The first-order chi connectivity index (χ1) is 7.65. The number of ether oxygens (including phenoxy) is 1. The summed E-state index contributed by atoms with van der Waals surface area (Å²) in [7, 11) is 0. The van der Waals surface area contributed by atoms with E-state index in [1.165, 1.54) is 18.3 Å². The first kappa shape index (κ1) is 11.3. The van der Waals surface area contributed by atoms with E-state index < -0.39 is 0 Å². The molecule has 0 fully saturated rings. The van der Waals surface area contributed by atoms with Gasteiger partial charge in [-0.1, -0.05) is 11.3 Å². The third kappa shape index (κ3) is 2.68. The predicted octanol–water partition coefficient (Wildman–Crippen LogP) is 3.90. The van der Waals surface area contributed by atoms with Gasteiger partial charge in [-0.15, -0.1) is 0 Å². The van der Waals surface area contributed by atoms with Gasteiger partial charge in [-0.05, 0) is 47.1 Å². The minimum Gasteiger partial charge on any atom is -0.445 e. The van der Waals surface area contributed by atoms with Crippen molar-refractivity contribution >= 4 is 33.0 Å². The Balaban J connectivity index is 2.14. The molecule has 0 aliphatic carbocycles. The molecular formula is C11H8BrNO2S. The molecule has 1 aromatic heterocycles. The van der Waals surface area contributed by atoms with Gasteiger partial charge in [-0.25, -0.2) is 4.98 Å². The fourth-order valence-electron chi connectivity index (χ4n) is 1.16. The largest absolute Gasteiger partial charge is 0.445 e. The number of rotatable bonds is 3. The second-order valence-electron chi connectivity index (χ2n) is 3.11. The maximum Gasteiger partial charge on any atom is 0.201 e. The highest BCUT2D eigenvalue weighted by atomic mass is 79.9. The van der Waals surface area contributed by atoms with Crippen LogP contribution in [-0.2, 0) is 0 Å². The first-order valence-electron chi connectivity index (χ1n) is 4.55. The van der Waals surface area contributed by atoms with Gasteiger partial charge in [0.05, 0.1) is 6.20 Å². The number of carbonyl (C=O) groups is 1. The van der Waals surface area contributed by atoms with E-state index in [1.807, 2.05) is 0 Å². The molecule has 3 nitrogen and oxygen atoms in total. The van der Waals surface area contributed by atoms with Gasteiger partial charge in [-0.2, -0.15) is 0 Å². The predicted molar refractivity (Wildman–Crippen MR) is 66.3 cm³/mol. The number of benzene rings is 1. The molecule has 2 rings (SSSR count). The number of nitrogens with zero attached hydrogens (tertiary/aromatic N) is 1. The molecule has 82 valence electrons. The molecule has 0 saturated carbocycles. The van der Waals surface area contributed by atoms with Crippen molar-refractivity contribution in [2.45, 2.75) is 6.92 Å². The maximum absolute atomic E-state index is 11.1. The van der Waals surface area contributed by atoms with E-state index in [0.717, 1.165) is 3.92 Å². The van der Waals surface area contributed by atoms with E-state index in [4.69, 9.17) is 4.74 Å². The molecule has 16 heavy (non-hydrogen) atoms. The normalized spacial score (nSPS) is 10.1. The zero-order valence-corrected chi connectivity index (χ0v) is 10.8. The zero-order valence-electron chi connectivity index (χ0n) is 8.44. The summed E-state index contributed by atoms with van der Waals surface area (Å²) < 4.78 is 6.33. The number of hydrogen-bond donors (Lipinski definition) is 0. The quantitative estimate of drug-likeness (QED) is 0.807. The van der Waals surface area contributed by atoms with Crippen LogP contribution >= 0.6 is 27.3 Å². The van der Waals surface area contributed by atoms with Crippen molar-refractivity contribution in [1.82, 2.24) is 4.98 Å². The van der Waals surface area contributed by atoms with Gasteiger partial charge in [-0.3, -0.25) is 4.79 Å². The summed E-state index contributed by atoms with van der Waals surface area (Å²) in [5.41, 5.74) is 0.679. The molecule has 0 spiro atoms. The minimum atomic E-state index is 0.0482. The lowest BCUT2D eigenvalue weighted by Gasteiger charge is -2.02. The molecule has 0 unspecified atom stereocenters. The summed E-state index contributed by atoms with van der Waals surface area (Å²) >= 11 is 4.67. The van der Waals surface area contributed by atoms with Gasteiger partial charge >= 0.3 is 0 Å². The molecule has 0 amide bonds. The monoisotopic (exact) mass is 297 g/mol. The number of hydrogen-bond acceptors (Lipinski definition) is 4. The summed E-state index contributed by atoms with van der Waals surface area (Å²) in [4.78, 5) is 15.1. The van der Waals surface area contributed by atoms with Crippen LogP contribution in [0.3, 0.4) is 0 Å². The summed E-state index contributed by atoms with van der Waals surface area (Å²) in [5.74, 6) is 0.744. The van der Waals surface area contributed by atoms with Crippen LogP contribution in [0.4, 0.5) is 0 Å². The second-order valence-corrected chi connectivity index (χ2v) is 5.38. The smallest absolute Gasteiger partial charge is 0.201 e. The number of thiazole rings is 1. The molecule has 2 aromatic rings. The van der Waals surface area contributed by atoms with Crippen LogP contribution in [0.15, 0.2) is 34.4 Å². The average molecular weight is 298 g/mol. The Kier molecular flexibility index (Phi) is 3.36. The van der Waals surface area contributed by atoms with E-state index in [0.29, 0.717) is 16.4 Å². The van der Waals surface area contributed by atoms with Crippen molar-refractivity contribution in [3.63, 3.8) is 0 Å². The molecule has 0 radical (unpaired) electrons. The van der Waals surface area contributed by atoms with Crippen molar-refractivity contribution in [2.24, 2.45) is 0 Å². The highest BCUT2D eigenvalue weighted by molar-refractivity contribution is 9.11. The van der Waals surface area contributed by atoms with E-state index in [-0.39, 0.29) is 5.78 Å². The summed E-state index contributed by atoms with van der Waals surface area (Å²) in [6, 6.07) is 7.02. The van der Waals surface area contributed by atoms with Gasteiger partial charge in [0.2, 0.25) is 5.06 Å². The molecule has 0 saturated heterocycles. The highest BCUT2D eigenvalue weighted by Gasteiger charge is 2.03. The lowest BCUT2D eigenvalue weighted by atomic mass is 10.1. The Morgan fingerprint density at radius 1 is 1.38 bits per heavy atom. The van der Waals surface area contributed by atoms with Gasteiger partial charge in [0.25, 0.3) is 0 Å². The molecule has 0 atom stereocenters. The number of halogens is 1. The van der Waals surface area contributed by atoms with E-state index >= 15 is 0 Å². The number of carbonyl (C=O) groups excluding carboxylic acids is 1. The first-order valence-corrected chi connectivity index (χ1v) is 6.16. The van der Waals surface area contributed by atoms with Crippen molar-refractivity contribution in [2.75, 3.05) is 0 Å². The van der Waals surface area contributed by atoms with Crippen LogP contribution in [0.25, 0.3) is 0 Å². The van der Waals surface area contributed by atoms with Gasteiger partial charge in [0.15, 0.2) is 9.70 Å². The number of Topliss-reactive ketones (excluding diaryl/α,β-unsaturated/α-hetero) is 1. The number of aromatic nitrogens is 1. The van der Waals surface area contributed by atoms with Gasteiger partial charge in [0.1, 0.15) is 5.75 Å². The van der Waals surface area contributed by atoms with Crippen molar-refractivity contribution in [3.8, 4) is 10.8 Å². The van der Waals surface area contributed by atoms with Gasteiger partial charge < -0.3 is 4.74 Å². The Morgan fingerprint density at radius 3 is 2.56 bits per heavy atom. The third-order valence-corrected chi connectivity index (χ3v) is 3.29. The Labute approximate surface area is 105 Å². The fourth-order valence-corrected chi connectivity index (χ4v) is 2.26. The topological polar surface area (TPSA) is 39.2 Å². The van der Waals surface area contributed by atoms with E-state index in [2.05, 4.69) is 20.9 Å². The van der Waals surface area contributed by atoms with Crippen LogP contribution in [0, 0.1) is 0 Å². The second kappa shape index (κ2) is 4.76. The Bertz CT molecular complexity index is 507. The molecule has 0 N–H and O–H groups in total. The average Bonchev–Trinajstić information content (AvgIpc) is 2.65. The van der Waals surface area contributed by atoms with E-state index in [9.17, 15) is 4.79 Å². The molecule has 0 bridgehead atoms. The third-order valence-electron chi connectivity index (χ3n) is 1.94. The van der Waals surface area contributed by atoms with Gasteiger partial charge in [0, 0.05) is 5.56 Å². The van der Waals surface area contributed by atoms with Crippen molar-refractivity contribution in [1.29, 1.82) is 0 Å². The molecular weight excluding hydrogens is 290 g/mol. The number of ketones is 1. The fraction of sp³-hybridized carbons (Fsp3) is 0.0909. The van der Waals surface area contributed by atoms with Crippen LogP contribution in [0.5, 0.6) is 10.8 Å².